The fourth-order valence-corrected chi connectivity index (χ4v) is 3.37. The highest BCUT2D eigenvalue weighted by Gasteiger charge is 2.21. The molecule has 2 aromatic rings. The van der Waals surface area contributed by atoms with Crippen LogP contribution in [0.1, 0.15) is 15.9 Å². The monoisotopic (exact) mass is 345 g/mol. The van der Waals surface area contributed by atoms with Crippen LogP contribution in [0, 0.1) is 0 Å². The zero-order valence-electron chi connectivity index (χ0n) is 13.8. The number of esters is 1. The Hall–Kier alpha value is -2.04. The fraction of sp³-hybridized carbons (Fsp3) is 0.316. The number of methoxy groups -OCH3 is 1. The number of carbonyl (C=O) groups excluding carboxylic acids is 1. The average Bonchev–Trinajstić information content (AvgIpc) is 2.63. The van der Waals surface area contributed by atoms with Gasteiger partial charge in [0.25, 0.3) is 0 Å². The maximum Gasteiger partial charge on any atom is 0.337 e. The third-order valence-corrected chi connectivity index (χ3v) is 4.81. The minimum atomic E-state index is -0.290. The molecule has 3 rings (SSSR count). The second-order valence-corrected chi connectivity index (χ2v) is 6.46. The quantitative estimate of drug-likeness (QED) is 0.861. The van der Waals surface area contributed by atoms with Crippen LogP contribution in [0.5, 0.6) is 0 Å². The summed E-state index contributed by atoms with van der Waals surface area (Å²) in [6, 6.07) is 15.7. The molecule has 0 unspecified atom stereocenters. The molecule has 0 saturated carbocycles. The molecule has 24 heavy (non-hydrogen) atoms. The summed E-state index contributed by atoms with van der Waals surface area (Å²) < 4.78 is 4.73. The summed E-state index contributed by atoms with van der Waals surface area (Å²) in [6.45, 7) is 5.12. The van der Waals surface area contributed by atoms with Gasteiger partial charge in [0.2, 0.25) is 0 Å². The summed E-state index contributed by atoms with van der Waals surface area (Å²) in [5.74, 6) is -0.290. The number of hydrogen-bond acceptors (Lipinski definition) is 3. The van der Waals surface area contributed by atoms with Crippen molar-refractivity contribution in [2.24, 2.45) is 0 Å². The van der Waals surface area contributed by atoms with E-state index in [0.717, 1.165) is 43.4 Å². The lowest BCUT2D eigenvalue weighted by atomic mass is 10.1. The second-order valence-electron chi connectivity index (χ2n) is 6.05. The van der Waals surface area contributed by atoms with Gasteiger partial charge in [-0.05, 0) is 24.3 Å². The normalized spacial score (nSPS) is 15.3. The number of anilines is 1. The van der Waals surface area contributed by atoms with E-state index in [1.807, 2.05) is 42.5 Å². The maximum atomic E-state index is 11.5. The molecule has 1 N–H and O–H groups in total. The van der Waals surface area contributed by atoms with Crippen LogP contribution in [-0.4, -0.2) is 39.3 Å². The van der Waals surface area contributed by atoms with E-state index in [4.69, 9.17) is 16.3 Å². The number of hydrogen-bond donors (Lipinski definition) is 1. The number of rotatable bonds is 4. The third-order valence-electron chi connectivity index (χ3n) is 4.49. The van der Waals surface area contributed by atoms with Gasteiger partial charge in [-0.1, -0.05) is 35.9 Å². The number of para-hydroxylation sites is 1. The molecule has 2 aromatic carbocycles. The van der Waals surface area contributed by atoms with Gasteiger partial charge in [0.1, 0.15) is 6.54 Å². The highest BCUT2D eigenvalue weighted by molar-refractivity contribution is 6.33. The molecule has 126 valence electrons. The standard InChI is InChI=1S/C19H21ClN2O2/c1-24-19(23)16-8-6-15(7-9-16)14-21-10-12-22(13-11-21)18-5-3-2-4-17(18)20/h2-9H,10-14H2,1H3/p+1. The molecule has 0 radical (unpaired) electrons. The van der Waals surface area contributed by atoms with E-state index in [0.29, 0.717) is 5.56 Å². The van der Waals surface area contributed by atoms with Gasteiger partial charge in [-0.25, -0.2) is 4.79 Å². The highest BCUT2D eigenvalue weighted by atomic mass is 35.5. The molecule has 5 heteroatoms. The minimum Gasteiger partial charge on any atom is -0.465 e. The van der Waals surface area contributed by atoms with Crippen molar-refractivity contribution in [3.63, 3.8) is 0 Å². The molecule has 0 atom stereocenters. The predicted molar refractivity (Wildman–Crippen MR) is 95.8 cm³/mol. The Morgan fingerprint density at radius 2 is 1.79 bits per heavy atom. The van der Waals surface area contributed by atoms with Crippen molar-refractivity contribution in [2.45, 2.75) is 6.54 Å². The molecule has 1 saturated heterocycles. The number of benzene rings is 2. The molecule has 1 aliphatic heterocycles. The molecule has 0 aromatic heterocycles. The molecular formula is C19H22ClN2O2+. The van der Waals surface area contributed by atoms with Crippen molar-refractivity contribution in [3.05, 3.63) is 64.7 Å². The van der Waals surface area contributed by atoms with Crippen LogP contribution in [0.4, 0.5) is 5.69 Å². The Balaban J connectivity index is 1.56. The van der Waals surface area contributed by atoms with E-state index in [1.165, 1.54) is 12.7 Å². The Morgan fingerprint density at radius 1 is 1.12 bits per heavy atom. The Kier molecular flexibility index (Phi) is 5.38. The van der Waals surface area contributed by atoms with E-state index in [1.54, 1.807) is 4.90 Å². The van der Waals surface area contributed by atoms with Crippen molar-refractivity contribution < 1.29 is 14.4 Å². The van der Waals surface area contributed by atoms with Crippen LogP contribution in [-0.2, 0) is 11.3 Å². The van der Waals surface area contributed by atoms with Crippen LogP contribution in [0.25, 0.3) is 0 Å². The lowest BCUT2D eigenvalue weighted by molar-refractivity contribution is -0.914. The van der Waals surface area contributed by atoms with E-state index < -0.39 is 0 Å². The lowest BCUT2D eigenvalue weighted by Crippen LogP contribution is -3.13. The van der Waals surface area contributed by atoms with Gasteiger partial charge in [-0.3, -0.25) is 0 Å². The Bertz CT molecular complexity index is 695. The number of piperazine rings is 1. The first kappa shape index (κ1) is 16.8. The van der Waals surface area contributed by atoms with E-state index in [-0.39, 0.29) is 5.97 Å². The summed E-state index contributed by atoms with van der Waals surface area (Å²) in [6.07, 6.45) is 0. The van der Waals surface area contributed by atoms with Crippen molar-refractivity contribution in [1.82, 2.24) is 0 Å². The zero-order chi connectivity index (χ0) is 16.9. The number of halogens is 1. The number of nitrogens with one attached hydrogen (secondary N) is 1. The summed E-state index contributed by atoms with van der Waals surface area (Å²) >= 11 is 6.29. The zero-order valence-corrected chi connectivity index (χ0v) is 14.6. The lowest BCUT2D eigenvalue weighted by Gasteiger charge is -2.34. The summed E-state index contributed by atoms with van der Waals surface area (Å²) in [5, 5.41) is 0.819. The number of quaternary nitrogens is 1. The van der Waals surface area contributed by atoms with Crippen molar-refractivity contribution in [1.29, 1.82) is 0 Å². The molecule has 1 aliphatic rings. The predicted octanol–water partition coefficient (Wildman–Crippen LogP) is 2.03. The van der Waals surface area contributed by atoms with Gasteiger partial charge in [0.15, 0.2) is 0 Å². The highest BCUT2D eigenvalue weighted by Crippen LogP contribution is 2.24. The van der Waals surface area contributed by atoms with Gasteiger partial charge >= 0.3 is 5.97 Å². The van der Waals surface area contributed by atoms with Crippen molar-refractivity contribution in [3.8, 4) is 0 Å². The van der Waals surface area contributed by atoms with E-state index >= 15 is 0 Å². The Morgan fingerprint density at radius 3 is 2.42 bits per heavy atom. The number of ether oxygens (including phenoxy) is 1. The first-order valence-corrected chi connectivity index (χ1v) is 8.55. The molecule has 0 amide bonds. The van der Waals surface area contributed by atoms with Crippen LogP contribution >= 0.6 is 11.6 Å². The van der Waals surface area contributed by atoms with Crippen LogP contribution in [0.2, 0.25) is 5.02 Å². The summed E-state index contributed by atoms with van der Waals surface area (Å²) in [7, 11) is 1.40. The largest absolute Gasteiger partial charge is 0.465 e. The fourth-order valence-electron chi connectivity index (χ4n) is 3.11. The number of nitrogens with zero attached hydrogens (tertiary/aromatic N) is 1. The van der Waals surface area contributed by atoms with E-state index in [2.05, 4.69) is 11.0 Å². The smallest absolute Gasteiger partial charge is 0.337 e. The maximum absolute atomic E-state index is 11.5. The summed E-state index contributed by atoms with van der Waals surface area (Å²) in [4.78, 5) is 15.4. The van der Waals surface area contributed by atoms with Gasteiger partial charge in [-0.2, -0.15) is 0 Å². The average molecular weight is 346 g/mol. The van der Waals surface area contributed by atoms with Crippen molar-refractivity contribution >= 4 is 23.3 Å². The molecule has 1 fully saturated rings. The van der Waals surface area contributed by atoms with Crippen LogP contribution in [0.3, 0.4) is 0 Å². The minimum absolute atomic E-state index is 0.290. The van der Waals surface area contributed by atoms with Crippen LogP contribution in [0.15, 0.2) is 48.5 Å². The third kappa shape index (κ3) is 3.89. The van der Waals surface area contributed by atoms with Crippen molar-refractivity contribution in [2.75, 3.05) is 38.2 Å². The topological polar surface area (TPSA) is 34.0 Å². The molecule has 4 nitrogen and oxygen atoms in total. The Labute approximate surface area is 147 Å². The van der Waals surface area contributed by atoms with Gasteiger partial charge in [-0.15, -0.1) is 0 Å². The summed E-state index contributed by atoms with van der Waals surface area (Å²) in [5.41, 5.74) is 2.96. The SMILES string of the molecule is COC(=O)c1ccc(C[NH+]2CCN(c3ccccc3Cl)CC2)cc1. The molecular weight excluding hydrogens is 324 g/mol. The van der Waals surface area contributed by atoms with Gasteiger partial charge in [0.05, 0.1) is 49.6 Å². The first-order valence-electron chi connectivity index (χ1n) is 8.17. The van der Waals surface area contributed by atoms with E-state index in [9.17, 15) is 4.79 Å². The molecule has 0 spiro atoms. The number of carbonyl (C=O) groups is 1. The van der Waals surface area contributed by atoms with Gasteiger partial charge in [0, 0.05) is 5.56 Å². The van der Waals surface area contributed by atoms with Gasteiger partial charge < -0.3 is 14.5 Å². The molecule has 0 aliphatic carbocycles. The molecule has 0 bridgehead atoms. The van der Waals surface area contributed by atoms with Crippen LogP contribution < -0.4 is 9.80 Å². The second kappa shape index (κ2) is 7.69. The molecule has 1 heterocycles. The first-order chi connectivity index (χ1) is 11.7.